The summed E-state index contributed by atoms with van der Waals surface area (Å²) in [5.74, 6) is 2.10. The van der Waals surface area contributed by atoms with Crippen LogP contribution in [0.25, 0.3) is 0 Å². The zero-order chi connectivity index (χ0) is 27.0. The molecule has 0 atom stereocenters. The minimum absolute atomic E-state index is 0.0850. The Labute approximate surface area is 230 Å². The third-order valence-electron chi connectivity index (χ3n) is 9.41. The fraction of sp³-hybridized carbons (Fsp3) is 0.645. The van der Waals surface area contributed by atoms with Gasteiger partial charge in [0, 0.05) is 5.69 Å². The minimum atomic E-state index is -0.416. The standard InChI is InChI=1S/C31H41N3O5/c1-3-38-30(36)23-8-7-9-24(15-23)32-28(35)27-26(33-34(29(27)37-2)25-10-5-4-6-11-25)19-39-31-16-20-12-21(17-31)14-22(13-20)18-31/h7-9,15,20-22,25H,3-6,10-14,16-19H2,1-2H3,(H,32,35). The number of rotatable bonds is 9. The van der Waals surface area contributed by atoms with Gasteiger partial charge in [-0.3, -0.25) is 4.79 Å². The highest BCUT2D eigenvalue weighted by molar-refractivity contribution is 6.07. The van der Waals surface area contributed by atoms with Gasteiger partial charge >= 0.3 is 5.97 Å². The lowest BCUT2D eigenvalue weighted by Gasteiger charge is -2.56. The molecule has 1 heterocycles. The van der Waals surface area contributed by atoms with Crippen molar-refractivity contribution in [1.29, 1.82) is 0 Å². The molecule has 0 spiro atoms. The Morgan fingerprint density at radius 1 is 1.05 bits per heavy atom. The maximum absolute atomic E-state index is 13.8. The van der Waals surface area contributed by atoms with E-state index in [1.807, 2.05) is 4.68 Å². The Morgan fingerprint density at radius 2 is 1.74 bits per heavy atom. The van der Waals surface area contributed by atoms with Crippen molar-refractivity contribution < 1.29 is 23.8 Å². The number of ether oxygens (including phenoxy) is 3. The molecule has 0 radical (unpaired) electrons. The largest absolute Gasteiger partial charge is 0.481 e. The van der Waals surface area contributed by atoms with E-state index < -0.39 is 5.97 Å². The summed E-state index contributed by atoms with van der Waals surface area (Å²) in [6.07, 6.45) is 13.0. The summed E-state index contributed by atoms with van der Waals surface area (Å²) in [5, 5.41) is 7.97. The number of esters is 1. The highest BCUT2D eigenvalue weighted by Crippen LogP contribution is 2.57. The molecule has 8 nitrogen and oxygen atoms in total. The van der Waals surface area contributed by atoms with Gasteiger partial charge in [-0.2, -0.15) is 5.10 Å². The van der Waals surface area contributed by atoms with Crippen LogP contribution in [0, 0.1) is 17.8 Å². The lowest BCUT2D eigenvalue weighted by atomic mass is 9.54. The first-order chi connectivity index (χ1) is 19.0. The summed E-state index contributed by atoms with van der Waals surface area (Å²) in [4.78, 5) is 26.1. The third-order valence-corrected chi connectivity index (χ3v) is 9.41. The van der Waals surface area contributed by atoms with Gasteiger partial charge in [-0.05, 0) is 94.2 Å². The van der Waals surface area contributed by atoms with Crippen molar-refractivity contribution >= 4 is 17.6 Å². The predicted molar refractivity (Wildman–Crippen MR) is 147 cm³/mol. The van der Waals surface area contributed by atoms with Gasteiger partial charge in [0.2, 0.25) is 5.88 Å². The topological polar surface area (TPSA) is 91.7 Å². The van der Waals surface area contributed by atoms with Crippen molar-refractivity contribution in [2.24, 2.45) is 17.8 Å². The number of carbonyl (C=O) groups is 2. The van der Waals surface area contributed by atoms with E-state index in [2.05, 4.69) is 5.32 Å². The second kappa shape index (κ2) is 11.0. The van der Waals surface area contributed by atoms with Crippen LogP contribution < -0.4 is 10.1 Å². The number of hydrogen-bond donors (Lipinski definition) is 1. The monoisotopic (exact) mass is 535 g/mol. The average molecular weight is 536 g/mol. The van der Waals surface area contributed by atoms with E-state index in [1.165, 1.54) is 25.7 Å². The number of methoxy groups -OCH3 is 1. The molecule has 7 rings (SSSR count). The molecule has 2 aromatic rings. The summed E-state index contributed by atoms with van der Waals surface area (Å²) >= 11 is 0. The van der Waals surface area contributed by atoms with Crippen LogP contribution >= 0.6 is 0 Å². The summed E-state index contributed by atoms with van der Waals surface area (Å²) < 4.78 is 19.7. The van der Waals surface area contributed by atoms with Crippen LogP contribution in [0.5, 0.6) is 5.88 Å². The van der Waals surface area contributed by atoms with E-state index in [0.717, 1.165) is 62.7 Å². The van der Waals surface area contributed by atoms with Gasteiger partial charge in [-0.1, -0.05) is 25.3 Å². The van der Waals surface area contributed by atoms with Gasteiger partial charge < -0.3 is 19.5 Å². The van der Waals surface area contributed by atoms with Crippen molar-refractivity contribution in [2.75, 3.05) is 19.0 Å². The molecule has 5 fully saturated rings. The number of anilines is 1. The average Bonchev–Trinajstić information content (AvgIpc) is 3.31. The molecule has 1 N–H and O–H groups in total. The van der Waals surface area contributed by atoms with Gasteiger partial charge in [-0.15, -0.1) is 0 Å². The highest BCUT2D eigenvalue weighted by atomic mass is 16.5. The van der Waals surface area contributed by atoms with E-state index in [1.54, 1.807) is 38.3 Å². The molecule has 0 aliphatic heterocycles. The normalized spacial score (nSPS) is 27.9. The molecule has 5 saturated carbocycles. The van der Waals surface area contributed by atoms with Gasteiger partial charge in [0.05, 0.1) is 37.5 Å². The molecule has 0 unspecified atom stereocenters. The van der Waals surface area contributed by atoms with Crippen LogP contribution in [0.3, 0.4) is 0 Å². The quantitative estimate of drug-likeness (QED) is 0.378. The van der Waals surface area contributed by atoms with Gasteiger partial charge in [0.1, 0.15) is 11.3 Å². The van der Waals surface area contributed by atoms with Crippen molar-refractivity contribution in [1.82, 2.24) is 9.78 Å². The fourth-order valence-electron chi connectivity index (χ4n) is 8.12. The number of carbonyl (C=O) groups excluding carboxylic acids is 2. The van der Waals surface area contributed by atoms with Crippen LogP contribution in [0.2, 0.25) is 0 Å². The van der Waals surface area contributed by atoms with E-state index in [4.69, 9.17) is 19.3 Å². The lowest BCUT2D eigenvalue weighted by molar-refractivity contribution is -0.169. The Bertz CT molecular complexity index is 1180. The number of nitrogens with zero attached hydrogens (tertiary/aromatic N) is 2. The van der Waals surface area contributed by atoms with Gasteiger partial charge in [0.25, 0.3) is 5.91 Å². The Balaban J connectivity index is 1.28. The molecule has 1 aromatic heterocycles. The molecule has 0 saturated heterocycles. The van der Waals surface area contributed by atoms with E-state index in [9.17, 15) is 9.59 Å². The zero-order valence-corrected chi connectivity index (χ0v) is 23.2. The van der Waals surface area contributed by atoms with Crippen LogP contribution in [-0.2, 0) is 16.1 Å². The van der Waals surface area contributed by atoms with Crippen molar-refractivity contribution in [3.63, 3.8) is 0 Å². The predicted octanol–water partition coefficient (Wildman–Crippen LogP) is 6.31. The van der Waals surface area contributed by atoms with Crippen LogP contribution in [0.1, 0.15) is 110 Å². The minimum Gasteiger partial charge on any atom is -0.481 e. The van der Waals surface area contributed by atoms with Gasteiger partial charge in [-0.25, -0.2) is 9.48 Å². The maximum atomic E-state index is 13.8. The number of nitrogens with one attached hydrogen (secondary N) is 1. The zero-order valence-electron chi connectivity index (χ0n) is 23.2. The molecule has 4 bridgehead atoms. The van der Waals surface area contributed by atoms with E-state index in [-0.39, 0.29) is 17.6 Å². The number of hydrogen-bond acceptors (Lipinski definition) is 6. The number of benzene rings is 1. The molecule has 1 amide bonds. The first-order valence-corrected chi connectivity index (χ1v) is 14.8. The second-order valence-corrected chi connectivity index (χ2v) is 12.2. The first-order valence-electron chi connectivity index (χ1n) is 14.8. The smallest absolute Gasteiger partial charge is 0.338 e. The summed E-state index contributed by atoms with van der Waals surface area (Å²) in [5.41, 5.74) is 1.88. The molecule has 210 valence electrons. The highest BCUT2D eigenvalue weighted by Gasteiger charge is 2.52. The third kappa shape index (κ3) is 5.32. The van der Waals surface area contributed by atoms with Crippen molar-refractivity contribution in [3.8, 4) is 5.88 Å². The van der Waals surface area contributed by atoms with Crippen molar-refractivity contribution in [3.05, 3.63) is 41.1 Å². The molecular weight excluding hydrogens is 494 g/mol. The van der Waals surface area contributed by atoms with E-state index >= 15 is 0 Å². The van der Waals surface area contributed by atoms with Crippen LogP contribution in [-0.4, -0.2) is 41.0 Å². The first kappa shape index (κ1) is 26.4. The number of amides is 1. The molecule has 1 aromatic carbocycles. The molecule has 5 aliphatic carbocycles. The molecule has 8 heteroatoms. The van der Waals surface area contributed by atoms with Crippen LogP contribution in [0.4, 0.5) is 5.69 Å². The summed E-state index contributed by atoms with van der Waals surface area (Å²) in [6.45, 7) is 2.36. The maximum Gasteiger partial charge on any atom is 0.338 e. The SMILES string of the molecule is CCOC(=O)c1cccc(NC(=O)c2c(COC34CC5CC(CC(C5)C3)C4)nn(C3CCCCC3)c2OC)c1. The summed E-state index contributed by atoms with van der Waals surface area (Å²) in [7, 11) is 1.61. The number of aromatic nitrogens is 2. The molecular formula is C31H41N3O5. The Kier molecular flexibility index (Phi) is 7.40. The second-order valence-electron chi connectivity index (χ2n) is 12.2. The van der Waals surface area contributed by atoms with E-state index in [0.29, 0.717) is 41.6 Å². The Hall–Kier alpha value is -2.87. The lowest BCUT2D eigenvalue weighted by Crippen LogP contribution is -2.51. The fourth-order valence-corrected chi connectivity index (χ4v) is 8.12. The molecule has 5 aliphatic rings. The summed E-state index contributed by atoms with van der Waals surface area (Å²) in [6, 6.07) is 7.03. The van der Waals surface area contributed by atoms with Gasteiger partial charge in [0.15, 0.2) is 0 Å². The Morgan fingerprint density at radius 3 is 2.38 bits per heavy atom. The molecule has 39 heavy (non-hydrogen) atoms. The van der Waals surface area contributed by atoms with Crippen LogP contribution in [0.15, 0.2) is 24.3 Å². The van der Waals surface area contributed by atoms with Crippen molar-refractivity contribution in [2.45, 2.75) is 95.8 Å².